The normalized spacial score (nSPS) is 12.8. The smallest absolute Gasteiger partial charge is 0.317 e. The molecule has 40 heavy (non-hydrogen) atoms. The first kappa shape index (κ1) is 34.7. The fourth-order valence-corrected chi connectivity index (χ4v) is 4.53. The van der Waals surface area contributed by atoms with Crippen LogP contribution in [0.15, 0.2) is 28.4 Å². The van der Waals surface area contributed by atoms with Gasteiger partial charge in [0.15, 0.2) is 5.84 Å². The van der Waals surface area contributed by atoms with Gasteiger partial charge in [-0.1, -0.05) is 38.3 Å². The molecular weight excluding hydrogens is 512 g/mol. The summed E-state index contributed by atoms with van der Waals surface area (Å²) in [7, 11) is 0. The van der Waals surface area contributed by atoms with Crippen molar-refractivity contribution in [1.82, 2.24) is 15.1 Å². The van der Waals surface area contributed by atoms with E-state index < -0.39 is 11.9 Å². The van der Waals surface area contributed by atoms with Gasteiger partial charge in [-0.15, -0.1) is 5.10 Å². The van der Waals surface area contributed by atoms with Crippen LogP contribution in [0.5, 0.6) is 0 Å². The number of hydrogen-bond acceptors (Lipinski definition) is 7. The van der Waals surface area contributed by atoms with Crippen LogP contribution in [0.4, 0.5) is 0 Å². The van der Waals surface area contributed by atoms with Crippen LogP contribution in [0.3, 0.4) is 0 Å². The zero-order chi connectivity index (χ0) is 29.9. The van der Waals surface area contributed by atoms with Crippen molar-refractivity contribution < 1.29 is 24.6 Å². The first-order valence-electron chi connectivity index (χ1n) is 14.1. The summed E-state index contributed by atoms with van der Waals surface area (Å²) in [5.41, 5.74) is 8.62. The van der Waals surface area contributed by atoms with Gasteiger partial charge in [0.25, 0.3) is 0 Å². The zero-order valence-electron chi connectivity index (χ0n) is 24.6. The number of aryl methyl sites for hydroxylation is 1. The number of nitrogens with zero attached hydrogens (tertiary/aromatic N) is 4. The molecular formula is C29H48N6O5. The van der Waals surface area contributed by atoms with Crippen molar-refractivity contribution in [2.45, 2.75) is 72.8 Å². The van der Waals surface area contributed by atoms with Crippen LogP contribution in [0.25, 0.3) is 0 Å². The van der Waals surface area contributed by atoms with E-state index in [-0.39, 0.29) is 37.2 Å². The second-order valence-corrected chi connectivity index (χ2v) is 10.2. The largest absolute Gasteiger partial charge is 0.481 e. The van der Waals surface area contributed by atoms with Crippen LogP contribution in [-0.4, -0.2) is 89.2 Å². The fraction of sp³-hybridized carbons (Fsp3) is 0.621. The number of carbonyl (C=O) groups is 3. The van der Waals surface area contributed by atoms with Gasteiger partial charge in [0.05, 0.1) is 13.1 Å². The lowest BCUT2D eigenvalue weighted by Crippen LogP contribution is -2.43. The highest BCUT2D eigenvalue weighted by atomic mass is 16.4. The lowest BCUT2D eigenvalue weighted by Gasteiger charge is -2.27. The highest BCUT2D eigenvalue weighted by molar-refractivity contribution is 5.97. The summed E-state index contributed by atoms with van der Waals surface area (Å²) in [4.78, 5) is 39.5. The van der Waals surface area contributed by atoms with Crippen LogP contribution in [-0.2, 0) is 20.9 Å². The average molecular weight is 561 g/mol. The fourth-order valence-electron chi connectivity index (χ4n) is 4.53. The number of carboxylic acids is 2. The molecule has 5 N–H and O–H groups in total. The van der Waals surface area contributed by atoms with Gasteiger partial charge in [0.2, 0.25) is 5.91 Å². The molecule has 11 nitrogen and oxygen atoms in total. The summed E-state index contributed by atoms with van der Waals surface area (Å²) < 4.78 is 0. The number of amides is 1. The Labute approximate surface area is 238 Å². The molecule has 0 aromatic heterocycles. The number of aliphatic carboxylic acids is 2. The Kier molecular flexibility index (Phi) is 17.1. The van der Waals surface area contributed by atoms with E-state index >= 15 is 0 Å². The Morgan fingerprint density at radius 1 is 0.975 bits per heavy atom. The molecule has 1 atom stereocenters. The summed E-state index contributed by atoms with van der Waals surface area (Å²) in [5.74, 6) is -1.54. The number of nitrogens with two attached hydrogens (primary N) is 1. The summed E-state index contributed by atoms with van der Waals surface area (Å²) >= 11 is 0. The van der Waals surface area contributed by atoms with Crippen molar-refractivity contribution in [3.63, 3.8) is 0 Å². The Morgan fingerprint density at radius 2 is 1.68 bits per heavy atom. The van der Waals surface area contributed by atoms with E-state index in [1.807, 2.05) is 41.8 Å². The highest BCUT2D eigenvalue weighted by Gasteiger charge is 2.18. The van der Waals surface area contributed by atoms with Crippen molar-refractivity contribution in [3.8, 4) is 0 Å². The second kappa shape index (κ2) is 19.7. The Morgan fingerprint density at radius 3 is 2.27 bits per heavy atom. The predicted octanol–water partition coefficient (Wildman–Crippen LogP) is 3.09. The third-order valence-electron chi connectivity index (χ3n) is 6.48. The minimum atomic E-state index is -0.886. The molecule has 0 aliphatic carbocycles. The first-order valence-corrected chi connectivity index (χ1v) is 14.1. The van der Waals surface area contributed by atoms with Crippen LogP contribution < -0.4 is 11.1 Å². The Hall–Kier alpha value is -3.31. The molecule has 0 fully saturated rings. The van der Waals surface area contributed by atoms with E-state index in [1.54, 1.807) is 13.1 Å². The molecule has 0 saturated heterocycles. The predicted molar refractivity (Wildman–Crippen MR) is 159 cm³/mol. The third kappa shape index (κ3) is 15.3. The summed E-state index contributed by atoms with van der Waals surface area (Å²) in [6, 6.07) is 5.74. The Bertz CT molecular complexity index is 997. The molecule has 0 spiro atoms. The van der Waals surface area contributed by atoms with Gasteiger partial charge in [-0.25, -0.2) is 0 Å². The molecule has 0 radical (unpaired) electrons. The van der Waals surface area contributed by atoms with E-state index in [9.17, 15) is 24.6 Å². The standard InChI is InChI=1S/C29H48N6O5/c1-5-8-9-23(18-27(37)38)10-12-35(14-13-34(11-6-2)21-28(39)40)20-26(36)31-19-24-15-22(4)16-25(17-24)29(30)33-32-7-3/h7,15-17,23H,5-6,8-14,18-21H2,1-4H3,(H2,30,33)(H,31,36)(H,37,38)(H,39,40)/b32-7-. The van der Waals surface area contributed by atoms with Crippen molar-refractivity contribution >= 4 is 29.9 Å². The number of carbonyl (C=O) groups excluding carboxylic acids is 1. The first-order chi connectivity index (χ1) is 19.1. The van der Waals surface area contributed by atoms with Gasteiger partial charge < -0.3 is 21.3 Å². The van der Waals surface area contributed by atoms with Crippen molar-refractivity contribution in [3.05, 3.63) is 34.9 Å². The summed E-state index contributed by atoms with van der Waals surface area (Å²) in [5, 5.41) is 29.4. The summed E-state index contributed by atoms with van der Waals surface area (Å²) in [6.45, 7) is 10.4. The van der Waals surface area contributed by atoms with Gasteiger partial charge >= 0.3 is 11.9 Å². The number of benzene rings is 1. The monoisotopic (exact) mass is 560 g/mol. The lowest BCUT2D eigenvalue weighted by molar-refractivity contribution is -0.139. The van der Waals surface area contributed by atoms with Crippen molar-refractivity contribution in [2.75, 3.05) is 39.3 Å². The summed E-state index contributed by atoms with van der Waals surface area (Å²) in [6.07, 6.45) is 5.91. The van der Waals surface area contributed by atoms with E-state index in [1.165, 1.54) is 0 Å². The van der Waals surface area contributed by atoms with Gasteiger partial charge in [-0.05, 0) is 69.8 Å². The average Bonchev–Trinajstić information content (AvgIpc) is 2.89. The topological polar surface area (TPSA) is 161 Å². The van der Waals surface area contributed by atoms with E-state index in [2.05, 4.69) is 22.4 Å². The molecule has 0 bridgehead atoms. The van der Waals surface area contributed by atoms with Crippen LogP contribution in [0.2, 0.25) is 0 Å². The molecule has 1 aromatic rings. The van der Waals surface area contributed by atoms with Gasteiger partial charge in [-0.2, -0.15) is 5.10 Å². The van der Waals surface area contributed by atoms with E-state index in [0.717, 1.165) is 42.4 Å². The minimum absolute atomic E-state index is 0.0312. The molecule has 224 valence electrons. The Balaban J connectivity index is 2.92. The maximum atomic E-state index is 13.0. The number of unbranched alkanes of at least 4 members (excludes halogenated alkanes) is 1. The lowest BCUT2D eigenvalue weighted by atomic mass is 9.95. The number of hydrogen-bond donors (Lipinski definition) is 4. The van der Waals surface area contributed by atoms with E-state index in [0.29, 0.717) is 39.1 Å². The van der Waals surface area contributed by atoms with Gasteiger partial charge in [-0.3, -0.25) is 24.2 Å². The van der Waals surface area contributed by atoms with Crippen LogP contribution in [0, 0.1) is 12.8 Å². The third-order valence-corrected chi connectivity index (χ3v) is 6.48. The van der Waals surface area contributed by atoms with Crippen LogP contribution >= 0.6 is 0 Å². The van der Waals surface area contributed by atoms with Crippen molar-refractivity contribution in [2.24, 2.45) is 21.9 Å². The maximum absolute atomic E-state index is 13.0. The molecule has 0 aliphatic rings. The molecule has 1 unspecified atom stereocenters. The number of rotatable bonds is 21. The SMILES string of the molecule is C/C=N\N=C(/N)c1cc(C)cc(CNC(=O)CN(CCC(CCCC)CC(=O)O)CCN(CCC)CC(=O)O)c1. The van der Waals surface area contributed by atoms with Gasteiger partial charge in [0, 0.05) is 37.8 Å². The number of carboxylic acid groups (broad SMARTS) is 2. The number of nitrogens with one attached hydrogen (secondary N) is 1. The number of amidine groups is 1. The maximum Gasteiger partial charge on any atom is 0.317 e. The molecule has 1 amide bonds. The zero-order valence-corrected chi connectivity index (χ0v) is 24.6. The quantitative estimate of drug-likeness (QED) is 0.101. The van der Waals surface area contributed by atoms with Crippen molar-refractivity contribution in [1.29, 1.82) is 0 Å². The molecule has 0 saturated carbocycles. The molecule has 1 aromatic carbocycles. The highest BCUT2D eigenvalue weighted by Crippen LogP contribution is 2.18. The second-order valence-electron chi connectivity index (χ2n) is 10.2. The minimum Gasteiger partial charge on any atom is -0.481 e. The van der Waals surface area contributed by atoms with Gasteiger partial charge in [0.1, 0.15) is 0 Å². The molecule has 0 aliphatic heterocycles. The molecule has 11 heteroatoms. The van der Waals surface area contributed by atoms with E-state index in [4.69, 9.17) is 5.73 Å². The van der Waals surface area contributed by atoms with Crippen LogP contribution in [0.1, 0.15) is 76.0 Å². The molecule has 1 rings (SSSR count). The molecule has 0 heterocycles.